The summed E-state index contributed by atoms with van der Waals surface area (Å²) in [5, 5.41) is 9.08. The third kappa shape index (κ3) is 19.0. The molecule has 0 N–H and O–H groups in total. The normalized spacial score (nSPS) is 12.3. The molecule has 0 aromatic rings. The van der Waals surface area contributed by atoms with Gasteiger partial charge in [0.05, 0.1) is 12.0 Å². The minimum Gasteiger partial charge on any atom is -0.464 e. The zero-order valence-electron chi connectivity index (χ0n) is 18.3. The number of unbranched alkanes of at least 4 members (excludes halogenated alkanes) is 10. The molecule has 0 unspecified atom stereocenters. The second-order valence-corrected chi connectivity index (χ2v) is 7.56. The molecule has 0 aliphatic heterocycles. The summed E-state index contributed by atoms with van der Waals surface area (Å²) in [6, 6.07) is 2.17. The number of esters is 1. The minimum absolute atomic E-state index is 0.146. The van der Waals surface area contributed by atoms with Gasteiger partial charge in [0.15, 0.2) is 0 Å². The molecule has 0 aliphatic carbocycles. The number of rotatable bonds is 18. The fraction of sp³-hybridized carbons (Fsp3) is 0.680. The molecule has 1 atom stereocenters. The summed E-state index contributed by atoms with van der Waals surface area (Å²) in [5.74, 6) is -0.660. The molecule has 0 saturated carbocycles. The molecule has 0 amide bonds. The van der Waals surface area contributed by atoms with Crippen LogP contribution in [0.3, 0.4) is 0 Å². The van der Waals surface area contributed by atoms with Crippen LogP contribution >= 0.6 is 0 Å². The number of carbonyl (C=O) groups is 1. The van der Waals surface area contributed by atoms with E-state index in [4.69, 9.17) is 10.00 Å². The largest absolute Gasteiger partial charge is 0.464 e. The van der Waals surface area contributed by atoms with E-state index in [1.54, 1.807) is 0 Å². The number of carbonyl (C=O) groups excluding carboxylic acids is 1. The predicted octanol–water partition coefficient (Wildman–Crippen LogP) is 7.45. The summed E-state index contributed by atoms with van der Waals surface area (Å²) in [6.07, 6.45) is 24.7. The molecular weight excluding hydrogens is 346 g/mol. The van der Waals surface area contributed by atoms with E-state index in [0.717, 1.165) is 12.0 Å². The molecule has 0 aromatic heterocycles. The van der Waals surface area contributed by atoms with Gasteiger partial charge in [0.2, 0.25) is 0 Å². The van der Waals surface area contributed by atoms with E-state index >= 15 is 0 Å². The summed E-state index contributed by atoms with van der Waals surface area (Å²) in [4.78, 5) is 10.8. The molecule has 0 saturated heterocycles. The maximum absolute atomic E-state index is 10.8. The molecular formula is C25H41NO2. The Morgan fingerprint density at radius 2 is 1.50 bits per heavy atom. The average Bonchev–Trinajstić information content (AvgIpc) is 2.68. The van der Waals surface area contributed by atoms with Gasteiger partial charge in [0, 0.05) is 6.92 Å². The lowest BCUT2D eigenvalue weighted by Crippen LogP contribution is -2.11. The van der Waals surface area contributed by atoms with E-state index in [0.29, 0.717) is 6.42 Å². The summed E-state index contributed by atoms with van der Waals surface area (Å²) in [6.45, 7) is 7.74. The first kappa shape index (κ1) is 26.2. The Labute approximate surface area is 173 Å². The van der Waals surface area contributed by atoms with Gasteiger partial charge in [-0.15, -0.1) is 0 Å². The van der Waals surface area contributed by atoms with Gasteiger partial charge in [-0.2, -0.15) is 5.26 Å². The summed E-state index contributed by atoms with van der Waals surface area (Å²) in [7, 11) is 0. The Bertz CT molecular complexity index is 499. The van der Waals surface area contributed by atoms with Gasteiger partial charge in [-0.05, 0) is 44.9 Å². The van der Waals surface area contributed by atoms with Crippen LogP contribution in [0.15, 0.2) is 36.5 Å². The molecule has 3 nitrogen and oxygen atoms in total. The van der Waals surface area contributed by atoms with Gasteiger partial charge in [-0.3, -0.25) is 4.79 Å². The van der Waals surface area contributed by atoms with Crippen molar-refractivity contribution in [2.75, 3.05) is 6.61 Å². The zero-order valence-corrected chi connectivity index (χ0v) is 18.3. The van der Waals surface area contributed by atoms with E-state index in [1.807, 2.05) is 6.08 Å². The summed E-state index contributed by atoms with van der Waals surface area (Å²) in [5.41, 5.74) is 0.918. The average molecular weight is 388 g/mol. The van der Waals surface area contributed by atoms with Crippen molar-refractivity contribution in [1.82, 2.24) is 0 Å². The van der Waals surface area contributed by atoms with Gasteiger partial charge >= 0.3 is 5.97 Å². The Balaban J connectivity index is 3.53. The van der Waals surface area contributed by atoms with E-state index in [9.17, 15) is 4.79 Å². The zero-order chi connectivity index (χ0) is 20.9. The lowest BCUT2D eigenvalue weighted by molar-refractivity contribution is -0.141. The van der Waals surface area contributed by atoms with Gasteiger partial charge in [0.25, 0.3) is 0 Å². The number of nitriles is 1. The highest BCUT2D eigenvalue weighted by atomic mass is 16.5. The van der Waals surface area contributed by atoms with Crippen molar-refractivity contribution in [3.8, 4) is 6.07 Å². The standard InChI is InChI=1S/C25H41NO2/c1-4-5-6-7-8-9-10-11-12-13-14-15-16-17-18-19-23(2)20-25(21-26)22-28-24(3)27/h8-9,18-19,25H,2,4-7,10-17,20,22H2,1,3H3/b9-8-,19-18+/t25-/m0/s1. The molecule has 28 heavy (non-hydrogen) atoms. The summed E-state index contributed by atoms with van der Waals surface area (Å²) < 4.78 is 4.90. The van der Waals surface area contributed by atoms with Crippen LogP contribution in [-0.4, -0.2) is 12.6 Å². The molecule has 0 aliphatic rings. The van der Waals surface area contributed by atoms with Crippen LogP contribution in [0.2, 0.25) is 0 Å². The Morgan fingerprint density at radius 3 is 2.04 bits per heavy atom. The fourth-order valence-electron chi connectivity index (χ4n) is 2.97. The van der Waals surface area contributed by atoms with E-state index in [2.05, 4.69) is 37.8 Å². The lowest BCUT2D eigenvalue weighted by Gasteiger charge is -2.08. The number of ether oxygens (including phenoxy) is 1. The number of hydrogen-bond acceptors (Lipinski definition) is 3. The number of hydrogen-bond donors (Lipinski definition) is 0. The second kappa shape index (κ2) is 19.9. The maximum atomic E-state index is 10.8. The van der Waals surface area contributed by atoms with E-state index in [-0.39, 0.29) is 18.5 Å². The molecule has 0 radical (unpaired) electrons. The van der Waals surface area contributed by atoms with Crippen molar-refractivity contribution in [3.05, 3.63) is 36.5 Å². The topological polar surface area (TPSA) is 50.1 Å². The fourth-order valence-corrected chi connectivity index (χ4v) is 2.97. The molecule has 0 spiro atoms. The third-order valence-electron chi connectivity index (χ3n) is 4.67. The molecule has 0 heterocycles. The molecule has 0 rings (SSSR count). The predicted molar refractivity (Wildman–Crippen MR) is 119 cm³/mol. The van der Waals surface area contributed by atoms with Gasteiger partial charge in [-0.1, -0.05) is 81.9 Å². The van der Waals surface area contributed by atoms with Crippen LogP contribution in [0.4, 0.5) is 0 Å². The Morgan fingerprint density at radius 1 is 0.964 bits per heavy atom. The molecule has 3 heteroatoms. The first-order valence-corrected chi connectivity index (χ1v) is 11.1. The van der Waals surface area contributed by atoms with Crippen LogP contribution in [0.5, 0.6) is 0 Å². The lowest BCUT2D eigenvalue weighted by atomic mass is 10.0. The van der Waals surface area contributed by atoms with Crippen molar-refractivity contribution in [2.45, 2.75) is 97.3 Å². The van der Waals surface area contributed by atoms with Crippen molar-refractivity contribution in [3.63, 3.8) is 0 Å². The smallest absolute Gasteiger partial charge is 0.302 e. The van der Waals surface area contributed by atoms with Gasteiger partial charge < -0.3 is 4.74 Å². The molecule has 158 valence electrons. The second-order valence-electron chi connectivity index (χ2n) is 7.56. The van der Waals surface area contributed by atoms with Gasteiger partial charge in [0.1, 0.15) is 6.61 Å². The molecule has 0 bridgehead atoms. The van der Waals surface area contributed by atoms with E-state index in [1.165, 1.54) is 77.6 Å². The van der Waals surface area contributed by atoms with Crippen molar-refractivity contribution in [2.24, 2.45) is 5.92 Å². The van der Waals surface area contributed by atoms with Crippen LogP contribution in [0, 0.1) is 17.2 Å². The van der Waals surface area contributed by atoms with Crippen LogP contribution in [0.1, 0.15) is 97.3 Å². The summed E-state index contributed by atoms with van der Waals surface area (Å²) >= 11 is 0. The highest BCUT2D eigenvalue weighted by molar-refractivity contribution is 5.65. The highest BCUT2D eigenvalue weighted by Gasteiger charge is 2.09. The highest BCUT2D eigenvalue weighted by Crippen LogP contribution is 2.13. The molecule has 0 aromatic carbocycles. The number of nitrogens with zero attached hydrogens (tertiary/aromatic N) is 1. The number of allylic oxidation sites excluding steroid dienone is 5. The van der Waals surface area contributed by atoms with Crippen LogP contribution in [-0.2, 0) is 9.53 Å². The first-order valence-electron chi connectivity index (χ1n) is 11.1. The van der Waals surface area contributed by atoms with E-state index < -0.39 is 0 Å². The Hall–Kier alpha value is -1.82. The van der Waals surface area contributed by atoms with Crippen LogP contribution in [0.25, 0.3) is 0 Å². The first-order chi connectivity index (χ1) is 13.6. The SMILES string of the molecule is C=C(/C=C/CCCCCCCC/C=C\CCCCC)C[C@@H](C#N)COC(C)=O. The van der Waals surface area contributed by atoms with Crippen molar-refractivity contribution < 1.29 is 9.53 Å². The quantitative estimate of drug-likeness (QED) is 0.106. The van der Waals surface area contributed by atoms with Crippen molar-refractivity contribution >= 4 is 5.97 Å². The molecule has 0 fully saturated rings. The minimum atomic E-state index is -0.347. The Kier molecular flexibility index (Phi) is 18.6. The van der Waals surface area contributed by atoms with Gasteiger partial charge in [-0.25, -0.2) is 0 Å². The van der Waals surface area contributed by atoms with Crippen molar-refractivity contribution in [1.29, 1.82) is 5.26 Å². The third-order valence-corrected chi connectivity index (χ3v) is 4.67. The maximum Gasteiger partial charge on any atom is 0.302 e. The monoisotopic (exact) mass is 387 g/mol. The van der Waals surface area contributed by atoms with Crippen LogP contribution < -0.4 is 0 Å².